The highest BCUT2D eigenvalue weighted by atomic mass is 32.1. The Morgan fingerprint density at radius 1 is 1.20 bits per heavy atom. The number of ether oxygens (including phenoxy) is 1. The lowest BCUT2D eigenvalue weighted by atomic mass is 10.0. The third kappa shape index (κ3) is 3.69. The molecule has 0 fully saturated rings. The fourth-order valence-corrected chi connectivity index (χ4v) is 3.37. The first-order valence-corrected chi connectivity index (χ1v) is 7.99. The minimum absolute atomic E-state index is 0.302. The molecule has 1 atom stereocenters. The number of methoxy groups -OCH3 is 1. The first-order valence-electron chi connectivity index (χ1n) is 7.11. The zero-order valence-corrected chi connectivity index (χ0v) is 13.3. The SMILES string of the molecule is CCNC(c1ccc(CCOC)cc1)c1sccc1C. The van der Waals surface area contributed by atoms with E-state index in [1.165, 1.54) is 21.6 Å². The molecular formula is C17H23NOS. The molecular weight excluding hydrogens is 266 g/mol. The quantitative estimate of drug-likeness (QED) is 0.833. The maximum Gasteiger partial charge on any atom is 0.0673 e. The van der Waals surface area contributed by atoms with Gasteiger partial charge in [-0.25, -0.2) is 0 Å². The molecule has 108 valence electrons. The fourth-order valence-electron chi connectivity index (χ4n) is 2.34. The molecule has 3 heteroatoms. The summed E-state index contributed by atoms with van der Waals surface area (Å²) in [6.07, 6.45) is 0.973. The van der Waals surface area contributed by atoms with E-state index in [4.69, 9.17) is 4.74 Å². The molecule has 1 aromatic carbocycles. The van der Waals surface area contributed by atoms with Gasteiger partial charge in [0.25, 0.3) is 0 Å². The van der Waals surface area contributed by atoms with Gasteiger partial charge < -0.3 is 10.1 Å². The van der Waals surface area contributed by atoms with Crippen molar-refractivity contribution in [2.75, 3.05) is 20.3 Å². The largest absolute Gasteiger partial charge is 0.384 e. The number of hydrogen-bond donors (Lipinski definition) is 1. The molecule has 0 aliphatic heterocycles. The van der Waals surface area contributed by atoms with Crippen LogP contribution in [0.3, 0.4) is 0 Å². The van der Waals surface area contributed by atoms with Gasteiger partial charge in [-0.05, 0) is 48.0 Å². The van der Waals surface area contributed by atoms with Crippen molar-refractivity contribution in [3.05, 3.63) is 57.3 Å². The minimum atomic E-state index is 0.302. The number of benzene rings is 1. The van der Waals surface area contributed by atoms with Crippen molar-refractivity contribution >= 4 is 11.3 Å². The maximum absolute atomic E-state index is 5.13. The molecule has 0 saturated carbocycles. The van der Waals surface area contributed by atoms with Crippen molar-refractivity contribution in [2.24, 2.45) is 0 Å². The fraction of sp³-hybridized carbons (Fsp3) is 0.412. The van der Waals surface area contributed by atoms with Crippen LogP contribution < -0.4 is 5.32 Å². The Balaban J connectivity index is 2.19. The van der Waals surface area contributed by atoms with Crippen LogP contribution in [0.5, 0.6) is 0 Å². The van der Waals surface area contributed by atoms with E-state index in [0.29, 0.717) is 6.04 Å². The molecule has 0 saturated heterocycles. The molecule has 1 aromatic heterocycles. The lowest BCUT2D eigenvalue weighted by Crippen LogP contribution is -2.21. The average Bonchev–Trinajstić information content (AvgIpc) is 2.89. The zero-order valence-electron chi connectivity index (χ0n) is 12.5. The highest BCUT2D eigenvalue weighted by Crippen LogP contribution is 2.29. The van der Waals surface area contributed by atoms with E-state index in [9.17, 15) is 0 Å². The molecule has 0 radical (unpaired) electrons. The Morgan fingerprint density at radius 2 is 1.95 bits per heavy atom. The van der Waals surface area contributed by atoms with E-state index in [-0.39, 0.29) is 0 Å². The average molecular weight is 289 g/mol. The van der Waals surface area contributed by atoms with Gasteiger partial charge in [0.05, 0.1) is 12.6 Å². The summed E-state index contributed by atoms with van der Waals surface area (Å²) in [5, 5.41) is 5.76. The van der Waals surface area contributed by atoms with Gasteiger partial charge in [0.2, 0.25) is 0 Å². The molecule has 0 aliphatic carbocycles. The van der Waals surface area contributed by atoms with Crippen LogP contribution >= 0.6 is 11.3 Å². The Hall–Kier alpha value is -1.16. The van der Waals surface area contributed by atoms with Gasteiger partial charge in [-0.3, -0.25) is 0 Å². The van der Waals surface area contributed by atoms with Crippen molar-refractivity contribution in [2.45, 2.75) is 26.3 Å². The Labute approximate surface area is 125 Å². The maximum atomic E-state index is 5.13. The summed E-state index contributed by atoms with van der Waals surface area (Å²) >= 11 is 1.83. The minimum Gasteiger partial charge on any atom is -0.384 e. The van der Waals surface area contributed by atoms with Crippen molar-refractivity contribution in [1.82, 2.24) is 5.32 Å². The monoisotopic (exact) mass is 289 g/mol. The smallest absolute Gasteiger partial charge is 0.0673 e. The van der Waals surface area contributed by atoms with Gasteiger partial charge in [-0.2, -0.15) is 0 Å². The number of hydrogen-bond acceptors (Lipinski definition) is 3. The summed E-state index contributed by atoms with van der Waals surface area (Å²) in [5.74, 6) is 0. The normalized spacial score (nSPS) is 12.6. The van der Waals surface area contributed by atoms with Crippen LogP contribution in [0, 0.1) is 6.92 Å². The Bertz CT molecular complexity index is 518. The van der Waals surface area contributed by atoms with Gasteiger partial charge in [0.15, 0.2) is 0 Å². The first kappa shape index (κ1) is 15.2. The molecule has 0 spiro atoms. The predicted molar refractivity (Wildman–Crippen MR) is 86.6 cm³/mol. The molecule has 2 aromatic rings. The third-order valence-corrected chi connectivity index (χ3v) is 4.56. The number of nitrogens with one attached hydrogen (secondary N) is 1. The summed E-state index contributed by atoms with van der Waals surface area (Å²) in [4.78, 5) is 1.41. The summed E-state index contributed by atoms with van der Waals surface area (Å²) in [7, 11) is 1.75. The molecule has 1 heterocycles. The first-order chi connectivity index (χ1) is 9.76. The van der Waals surface area contributed by atoms with Gasteiger partial charge in [0.1, 0.15) is 0 Å². The molecule has 0 bridgehead atoms. The number of rotatable bonds is 7. The van der Waals surface area contributed by atoms with E-state index in [0.717, 1.165) is 19.6 Å². The molecule has 0 aliphatic rings. The summed E-state index contributed by atoms with van der Waals surface area (Å²) in [5.41, 5.74) is 4.02. The summed E-state index contributed by atoms with van der Waals surface area (Å²) in [6.45, 7) is 6.08. The van der Waals surface area contributed by atoms with Gasteiger partial charge in [-0.15, -0.1) is 11.3 Å². The number of thiophene rings is 1. The molecule has 1 unspecified atom stereocenters. The van der Waals surface area contributed by atoms with Gasteiger partial charge in [-0.1, -0.05) is 31.2 Å². The van der Waals surface area contributed by atoms with Gasteiger partial charge >= 0.3 is 0 Å². The van der Waals surface area contributed by atoms with E-state index in [1.54, 1.807) is 7.11 Å². The van der Waals surface area contributed by atoms with E-state index in [1.807, 2.05) is 11.3 Å². The summed E-state index contributed by atoms with van der Waals surface area (Å²) in [6, 6.07) is 11.4. The van der Waals surface area contributed by atoms with Gasteiger partial charge in [0, 0.05) is 12.0 Å². The standard InChI is InChI=1S/C17H23NOS/c1-4-18-16(17-13(2)10-12-20-17)15-7-5-14(6-8-15)9-11-19-3/h5-8,10,12,16,18H,4,9,11H2,1-3H3. The van der Waals surface area contributed by atoms with Crippen LogP contribution in [-0.2, 0) is 11.2 Å². The lowest BCUT2D eigenvalue weighted by molar-refractivity contribution is 0.202. The highest BCUT2D eigenvalue weighted by Gasteiger charge is 2.16. The Kier molecular flexibility index (Phi) is 5.77. The second-order valence-corrected chi connectivity index (χ2v) is 5.89. The zero-order chi connectivity index (χ0) is 14.4. The predicted octanol–water partition coefficient (Wildman–Crippen LogP) is 3.94. The van der Waals surface area contributed by atoms with Crippen molar-refractivity contribution in [3.63, 3.8) is 0 Å². The van der Waals surface area contributed by atoms with E-state index < -0.39 is 0 Å². The van der Waals surface area contributed by atoms with Crippen LogP contribution in [0.25, 0.3) is 0 Å². The second kappa shape index (κ2) is 7.58. The van der Waals surface area contributed by atoms with Crippen LogP contribution in [-0.4, -0.2) is 20.3 Å². The second-order valence-electron chi connectivity index (χ2n) is 4.94. The van der Waals surface area contributed by atoms with Crippen LogP contribution in [0.1, 0.15) is 34.5 Å². The third-order valence-electron chi connectivity index (χ3n) is 3.48. The molecule has 0 amide bonds. The van der Waals surface area contributed by atoms with Crippen molar-refractivity contribution in [1.29, 1.82) is 0 Å². The molecule has 1 N–H and O–H groups in total. The molecule has 2 nitrogen and oxygen atoms in total. The van der Waals surface area contributed by atoms with Crippen molar-refractivity contribution in [3.8, 4) is 0 Å². The highest BCUT2D eigenvalue weighted by molar-refractivity contribution is 7.10. The summed E-state index contributed by atoms with van der Waals surface area (Å²) < 4.78 is 5.13. The van der Waals surface area contributed by atoms with E-state index in [2.05, 4.69) is 54.9 Å². The molecule has 2 rings (SSSR count). The lowest BCUT2D eigenvalue weighted by Gasteiger charge is -2.18. The van der Waals surface area contributed by atoms with Crippen LogP contribution in [0.15, 0.2) is 35.7 Å². The Morgan fingerprint density at radius 3 is 2.50 bits per heavy atom. The van der Waals surface area contributed by atoms with E-state index >= 15 is 0 Å². The number of aryl methyl sites for hydroxylation is 1. The molecule has 20 heavy (non-hydrogen) atoms. The van der Waals surface area contributed by atoms with Crippen molar-refractivity contribution < 1.29 is 4.74 Å². The topological polar surface area (TPSA) is 21.3 Å². The van der Waals surface area contributed by atoms with Crippen LogP contribution in [0.4, 0.5) is 0 Å². The van der Waals surface area contributed by atoms with Crippen LogP contribution in [0.2, 0.25) is 0 Å².